The van der Waals surface area contributed by atoms with Crippen molar-refractivity contribution in [3.05, 3.63) is 41.5 Å². The van der Waals surface area contributed by atoms with E-state index in [1.807, 2.05) is 0 Å². The Morgan fingerprint density at radius 1 is 1.19 bits per heavy atom. The lowest BCUT2D eigenvalue weighted by molar-refractivity contribution is 0.675. The molecule has 16 heavy (non-hydrogen) atoms. The maximum absolute atomic E-state index is 2.38. The quantitative estimate of drug-likeness (QED) is 0.561. The van der Waals surface area contributed by atoms with E-state index in [0.717, 1.165) is 0 Å². The molecule has 1 aromatic carbocycles. The van der Waals surface area contributed by atoms with Crippen LogP contribution in [0.4, 0.5) is 0 Å². The fourth-order valence-corrected chi connectivity index (χ4v) is 1.90. The molecule has 0 bridgehead atoms. The average Bonchev–Trinajstić information content (AvgIpc) is 2.28. The minimum Gasteiger partial charge on any atom is -0.0810 e. The smallest absolute Gasteiger partial charge is 0.0228 e. The van der Waals surface area contributed by atoms with E-state index >= 15 is 0 Å². The van der Waals surface area contributed by atoms with Crippen LogP contribution in [-0.4, -0.2) is 0 Å². The maximum atomic E-state index is 2.38. The van der Waals surface area contributed by atoms with Crippen LogP contribution in [-0.2, 0) is 0 Å². The van der Waals surface area contributed by atoms with Gasteiger partial charge in [0.2, 0.25) is 0 Å². The molecule has 0 heterocycles. The van der Waals surface area contributed by atoms with Gasteiger partial charge in [-0.3, -0.25) is 0 Å². The van der Waals surface area contributed by atoms with Gasteiger partial charge in [-0.1, -0.05) is 62.1 Å². The standard InChI is InChI=1S/C16H24/c1-4-5-6-7-8-11-15(3)16-12-9-10-14(2)13-16/h9-13H,4-8H2,1-3H3. The van der Waals surface area contributed by atoms with E-state index in [-0.39, 0.29) is 0 Å². The summed E-state index contributed by atoms with van der Waals surface area (Å²) in [7, 11) is 0. The predicted molar refractivity (Wildman–Crippen MR) is 73.6 cm³/mol. The number of unbranched alkanes of at least 4 members (excludes halogenated alkanes) is 4. The predicted octanol–water partition coefficient (Wildman–Crippen LogP) is 5.37. The molecule has 0 amide bonds. The van der Waals surface area contributed by atoms with Gasteiger partial charge in [-0.2, -0.15) is 0 Å². The minimum absolute atomic E-state index is 1.22. The fourth-order valence-electron chi connectivity index (χ4n) is 1.90. The molecule has 0 spiro atoms. The summed E-state index contributed by atoms with van der Waals surface area (Å²) in [6.45, 7) is 6.63. The Bertz CT molecular complexity index is 334. The molecule has 0 heteroatoms. The van der Waals surface area contributed by atoms with Gasteiger partial charge in [-0.15, -0.1) is 0 Å². The number of benzene rings is 1. The van der Waals surface area contributed by atoms with Gasteiger partial charge < -0.3 is 0 Å². The molecule has 0 aromatic heterocycles. The third-order valence-electron chi connectivity index (χ3n) is 2.98. The summed E-state index contributed by atoms with van der Waals surface area (Å²) < 4.78 is 0. The highest BCUT2D eigenvalue weighted by atomic mass is 14.0. The van der Waals surface area contributed by atoms with Crippen LogP contribution in [0, 0.1) is 6.92 Å². The number of rotatable bonds is 6. The Morgan fingerprint density at radius 2 is 2.00 bits per heavy atom. The van der Waals surface area contributed by atoms with Gasteiger partial charge in [-0.25, -0.2) is 0 Å². The molecule has 0 saturated carbocycles. The van der Waals surface area contributed by atoms with Crippen molar-refractivity contribution < 1.29 is 0 Å². The molecule has 0 unspecified atom stereocenters. The summed E-state index contributed by atoms with van der Waals surface area (Å²) >= 11 is 0. The first-order chi connectivity index (χ1) is 7.74. The Morgan fingerprint density at radius 3 is 2.69 bits per heavy atom. The van der Waals surface area contributed by atoms with Crippen LogP contribution in [0.2, 0.25) is 0 Å². The van der Waals surface area contributed by atoms with E-state index in [0.29, 0.717) is 0 Å². The molecular formula is C16H24. The van der Waals surface area contributed by atoms with Crippen molar-refractivity contribution in [2.24, 2.45) is 0 Å². The summed E-state index contributed by atoms with van der Waals surface area (Å²) in [5, 5.41) is 0. The van der Waals surface area contributed by atoms with Crippen LogP contribution in [0.1, 0.15) is 57.1 Å². The fraction of sp³-hybridized carbons (Fsp3) is 0.500. The van der Waals surface area contributed by atoms with E-state index in [1.165, 1.54) is 48.8 Å². The Balaban J connectivity index is 2.44. The van der Waals surface area contributed by atoms with Crippen molar-refractivity contribution in [2.45, 2.75) is 52.9 Å². The molecule has 0 aliphatic carbocycles. The zero-order valence-electron chi connectivity index (χ0n) is 10.9. The van der Waals surface area contributed by atoms with E-state index in [9.17, 15) is 0 Å². The first kappa shape index (κ1) is 13.0. The lowest BCUT2D eigenvalue weighted by Crippen LogP contribution is -1.82. The van der Waals surface area contributed by atoms with Crippen molar-refractivity contribution in [3.63, 3.8) is 0 Å². The van der Waals surface area contributed by atoms with Gasteiger partial charge >= 0.3 is 0 Å². The van der Waals surface area contributed by atoms with E-state index < -0.39 is 0 Å². The second-order valence-corrected chi connectivity index (χ2v) is 4.61. The van der Waals surface area contributed by atoms with Crippen LogP contribution in [0.25, 0.3) is 5.57 Å². The molecule has 1 rings (SSSR count). The highest BCUT2D eigenvalue weighted by Gasteiger charge is 1.95. The van der Waals surface area contributed by atoms with Crippen LogP contribution < -0.4 is 0 Å². The number of hydrogen-bond acceptors (Lipinski definition) is 0. The number of allylic oxidation sites excluding steroid dienone is 2. The SMILES string of the molecule is CCCCCCC=C(C)c1cccc(C)c1. The van der Waals surface area contributed by atoms with Gasteiger partial charge in [0.25, 0.3) is 0 Å². The summed E-state index contributed by atoms with van der Waals surface area (Å²) in [5.41, 5.74) is 4.13. The summed E-state index contributed by atoms with van der Waals surface area (Å²) in [5.74, 6) is 0. The molecule has 0 atom stereocenters. The van der Waals surface area contributed by atoms with Crippen LogP contribution >= 0.6 is 0 Å². The zero-order valence-corrected chi connectivity index (χ0v) is 10.9. The van der Waals surface area contributed by atoms with Gasteiger partial charge in [0.05, 0.1) is 0 Å². The lowest BCUT2D eigenvalue weighted by atomic mass is 10.0. The van der Waals surface area contributed by atoms with Gasteiger partial charge in [0.1, 0.15) is 0 Å². The molecule has 1 aromatic rings. The third kappa shape index (κ3) is 4.65. The second-order valence-electron chi connectivity index (χ2n) is 4.61. The highest BCUT2D eigenvalue weighted by Crippen LogP contribution is 2.16. The van der Waals surface area contributed by atoms with Gasteiger partial charge in [0, 0.05) is 0 Å². The maximum Gasteiger partial charge on any atom is -0.0228 e. The molecule has 0 saturated heterocycles. The first-order valence-electron chi connectivity index (χ1n) is 6.48. The van der Waals surface area contributed by atoms with Gasteiger partial charge in [0.15, 0.2) is 0 Å². The number of aryl methyl sites for hydroxylation is 1. The summed E-state index contributed by atoms with van der Waals surface area (Å²) in [6, 6.07) is 8.75. The molecule has 0 aliphatic heterocycles. The Labute approximate surface area is 100 Å². The molecule has 0 nitrogen and oxygen atoms in total. The van der Waals surface area contributed by atoms with Gasteiger partial charge in [-0.05, 0) is 37.8 Å². The summed E-state index contributed by atoms with van der Waals surface area (Å²) in [6.07, 6.45) is 8.99. The highest BCUT2D eigenvalue weighted by molar-refractivity contribution is 5.63. The average molecular weight is 216 g/mol. The van der Waals surface area contributed by atoms with E-state index in [1.54, 1.807) is 0 Å². The summed E-state index contributed by atoms with van der Waals surface area (Å²) in [4.78, 5) is 0. The van der Waals surface area contributed by atoms with Crippen molar-refractivity contribution in [3.8, 4) is 0 Å². The van der Waals surface area contributed by atoms with Crippen LogP contribution in [0.3, 0.4) is 0 Å². The molecule has 0 N–H and O–H groups in total. The molecule has 0 fully saturated rings. The largest absolute Gasteiger partial charge is 0.0810 e. The third-order valence-corrected chi connectivity index (χ3v) is 2.98. The van der Waals surface area contributed by atoms with Crippen molar-refractivity contribution >= 4 is 5.57 Å². The second kappa shape index (κ2) is 7.27. The first-order valence-corrected chi connectivity index (χ1v) is 6.48. The normalized spacial score (nSPS) is 11.8. The number of hydrogen-bond donors (Lipinski definition) is 0. The van der Waals surface area contributed by atoms with E-state index in [2.05, 4.69) is 51.1 Å². The van der Waals surface area contributed by atoms with Crippen LogP contribution in [0.5, 0.6) is 0 Å². The topological polar surface area (TPSA) is 0 Å². The minimum atomic E-state index is 1.22. The van der Waals surface area contributed by atoms with Crippen molar-refractivity contribution in [2.75, 3.05) is 0 Å². The monoisotopic (exact) mass is 216 g/mol. The zero-order chi connectivity index (χ0) is 11.8. The molecule has 88 valence electrons. The Hall–Kier alpha value is -1.04. The lowest BCUT2D eigenvalue weighted by Gasteiger charge is -2.03. The van der Waals surface area contributed by atoms with Crippen LogP contribution in [0.15, 0.2) is 30.3 Å². The molecule has 0 radical (unpaired) electrons. The van der Waals surface area contributed by atoms with Crippen molar-refractivity contribution in [1.82, 2.24) is 0 Å². The molecular weight excluding hydrogens is 192 g/mol. The van der Waals surface area contributed by atoms with Crippen molar-refractivity contribution in [1.29, 1.82) is 0 Å². The Kier molecular flexibility index (Phi) is 5.92. The molecule has 0 aliphatic rings. The van der Waals surface area contributed by atoms with E-state index in [4.69, 9.17) is 0 Å².